The van der Waals surface area contributed by atoms with Crippen LogP contribution in [-0.4, -0.2) is 61.5 Å². The number of anilines is 1. The summed E-state index contributed by atoms with van der Waals surface area (Å²) in [5.74, 6) is -0.308. The van der Waals surface area contributed by atoms with Gasteiger partial charge in [0.1, 0.15) is 11.7 Å². The highest BCUT2D eigenvalue weighted by molar-refractivity contribution is 7.44. The van der Waals surface area contributed by atoms with Crippen LogP contribution in [0.25, 0.3) is 0 Å². The highest BCUT2D eigenvalue weighted by Gasteiger charge is 2.80. The fourth-order valence-electron chi connectivity index (χ4n) is 5.17. The summed E-state index contributed by atoms with van der Waals surface area (Å²) in [5, 5.41) is 20.1. The van der Waals surface area contributed by atoms with E-state index in [1.165, 1.54) is 16.8 Å². The van der Waals surface area contributed by atoms with Gasteiger partial charge < -0.3 is 24.6 Å². The first-order valence-electron chi connectivity index (χ1n) is 11.2. The molecule has 12 heteroatoms. The fraction of sp³-hybridized carbons (Fsp3) is 0.762. The Morgan fingerprint density at radius 2 is 2.15 bits per heavy atom. The average molecular weight is 483 g/mol. The second-order valence-corrected chi connectivity index (χ2v) is 10.9. The van der Waals surface area contributed by atoms with E-state index >= 15 is 4.39 Å². The molecule has 1 saturated heterocycles. The Morgan fingerprint density at radius 3 is 2.76 bits per heavy atom. The van der Waals surface area contributed by atoms with Crippen LogP contribution in [0.5, 0.6) is 0 Å². The summed E-state index contributed by atoms with van der Waals surface area (Å²) in [5.41, 5.74) is 2.70. The molecule has 0 bridgehead atoms. The minimum absolute atomic E-state index is 0.0297. The molecule has 0 amide bonds. The number of nitrogens with two attached hydrogens (primary N) is 1. The first-order chi connectivity index (χ1) is 15.5. The quantitative estimate of drug-likeness (QED) is 0.400. The lowest BCUT2D eigenvalue weighted by Crippen LogP contribution is -2.50. The predicted octanol–water partition coefficient (Wildman–Crippen LogP) is 2.25. The number of alkyl halides is 1. The molecule has 3 N–H and O–H groups in total. The number of hydrogen-bond donors (Lipinski definition) is 2. The van der Waals surface area contributed by atoms with Crippen LogP contribution in [0.1, 0.15) is 53.2 Å². The molecule has 2 heterocycles. The molecule has 3 fully saturated rings. The summed E-state index contributed by atoms with van der Waals surface area (Å²) in [6.45, 7) is 8.12. The van der Waals surface area contributed by atoms with Crippen molar-refractivity contribution >= 4 is 14.5 Å². The Bertz CT molecular complexity index is 981. The molecule has 182 valence electrons. The van der Waals surface area contributed by atoms with Crippen molar-refractivity contribution in [2.45, 2.75) is 88.7 Å². The summed E-state index contributed by atoms with van der Waals surface area (Å²) in [4.78, 5) is 15.2. The summed E-state index contributed by atoms with van der Waals surface area (Å²) >= 11 is 0. The highest BCUT2D eigenvalue weighted by Crippen LogP contribution is 2.70. The van der Waals surface area contributed by atoms with Gasteiger partial charge in [-0.2, -0.15) is 10.2 Å². The smallest absolute Gasteiger partial charge is 0.274 e. The van der Waals surface area contributed by atoms with Crippen LogP contribution in [0.2, 0.25) is 0 Å². The fourth-order valence-corrected chi connectivity index (χ4v) is 7.02. The van der Waals surface area contributed by atoms with Crippen molar-refractivity contribution in [2.24, 2.45) is 5.92 Å². The van der Waals surface area contributed by atoms with Gasteiger partial charge in [0.2, 0.25) is 5.95 Å². The van der Waals surface area contributed by atoms with E-state index in [0.29, 0.717) is 6.42 Å². The molecule has 1 aliphatic heterocycles. The Morgan fingerprint density at radius 1 is 1.45 bits per heavy atom. The molecule has 1 unspecified atom stereocenters. The van der Waals surface area contributed by atoms with E-state index in [0.717, 1.165) is 0 Å². The largest absolute Gasteiger partial charge is 0.387 e. The molecule has 2 aliphatic carbocycles. The Kier molecular flexibility index (Phi) is 6.55. The molecule has 10 nitrogen and oxygen atoms in total. The monoisotopic (exact) mass is 483 g/mol. The van der Waals surface area contributed by atoms with Crippen molar-refractivity contribution in [2.75, 3.05) is 12.3 Å². The average Bonchev–Trinajstić information content (AvgIpc) is 3.18. The summed E-state index contributed by atoms with van der Waals surface area (Å²) < 4.78 is 38.1. The SMILES string of the molecule is CC(C)N(C(C)C)P(OCCC#N)O[C@]12C[C@@H]3C[C@]3(O)[C@H]1O[C@@H](n1ccc(=O)nc1N)[C@@H]2F. The van der Waals surface area contributed by atoms with Crippen molar-refractivity contribution in [1.29, 1.82) is 5.26 Å². The van der Waals surface area contributed by atoms with Crippen LogP contribution in [0.4, 0.5) is 10.3 Å². The topological polar surface area (TPSA) is 136 Å². The van der Waals surface area contributed by atoms with Crippen LogP contribution >= 0.6 is 8.53 Å². The van der Waals surface area contributed by atoms with Gasteiger partial charge in [-0.3, -0.25) is 9.36 Å². The number of nitriles is 1. The van der Waals surface area contributed by atoms with Gasteiger partial charge in [0.15, 0.2) is 12.4 Å². The van der Waals surface area contributed by atoms with Crippen LogP contribution < -0.4 is 11.3 Å². The molecule has 2 saturated carbocycles. The molecule has 4 rings (SSSR count). The molecule has 33 heavy (non-hydrogen) atoms. The Hall–Kier alpha value is -1.67. The number of nitrogen functional groups attached to an aromatic ring is 1. The molecule has 1 aromatic heterocycles. The minimum atomic E-state index is -1.77. The van der Waals surface area contributed by atoms with Gasteiger partial charge in [0.25, 0.3) is 14.1 Å². The van der Waals surface area contributed by atoms with Crippen molar-refractivity contribution < 1.29 is 23.3 Å². The van der Waals surface area contributed by atoms with Gasteiger partial charge in [0.05, 0.1) is 24.7 Å². The predicted molar refractivity (Wildman–Crippen MR) is 118 cm³/mol. The van der Waals surface area contributed by atoms with E-state index in [-0.39, 0.29) is 43.4 Å². The normalized spacial score (nSPS) is 35.6. The van der Waals surface area contributed by atoms with Crippen molar-refractivity contribution in [3.8, 4) is 6.07 Å². The third-order valence-corrected chi connectivity index (χ3v) is 8.83. The minimum Gasteiger partial charge on any atom is -0.387 e. The van der Waals surface area contributed by atoms with Crippen molar-refractivity contribution in [3.05, 3.63) is 22.6 Å². The zero-order valence-electron chi connectivity index (χ0n) is 19.2. The second-order valence-electron chi connectivity index (χ2n) is 9.53. The highest BCUT2D eigenvalue weighted by atomic mass is 31.2. The van der Waals surface area contributed by atoms with Crippen LogP contribution in [-0.2, 0) is 13.8 Å². The van der Waals surface area contributed by atoms with E-state index in [9.17, 15) is 9.90 Å². The maximum atomic E-state index is 16.3. The number of nitrogens with zero attached hydrogens (tertiary/aromatic N) is 4. The van der Waals surface area contributed by atoms with Crippen molar-refractivity contribution in [3.63, 3.8) is 0 Å². The Labute approximate surface area is 193 Å². The molecule has 3 aliphatic rings. The van der Waals surface area contributed by atoms with E-state index in [1.807, 2.05) is 38.4 Å². The number of halogens is 1. The number of fused-ring (bicyclic) bond motifs is 3. The molecular weight excluding hydrogens is 452 g/mol. The molecule has 0 aromatic carbocycles. The molecule has 0 radical (unpaired) electrons. The third kappa shape index (κ3) is 4.07. The van der Waals surface area contributed by atoms with E-state index in [1.54, 1.807) is 0 Å². The summed E-state index contributed by atoms with van der Waals surface area (Å²) in [6, 6.07) is 3.29. The molecule has 7 atom stereocenters. The second kappa shape index (κ2) is 8.84. The summed E-state index contributed by atoms with van der Waals surface area (Å²) in [6.07, 6.45) is -1.55. The van der Waals surface area contributed by atoms with Gasteiger partial charge in [-0.15, -0.1) is 0 Å². The third-order valence-electron chi connectivity index (χ3n) is 6.63. The maximum Gasteiger partial charge on any atom is 0.274 e. The van der Waals surface area contributed by atoms with Gasteiger partial charge in [-0.05, 0) is 46.5 Å². The lowest BCUT2D eigenvalue weighted by Gasteiger charge is -2.42. The first-order valence-corrected chi connectivity index (χ1v) is 12.3. The zero-order chi connectivity index (χ0) is 24.1. The number of hydrogen-bond acceptors (Lipinski definition) is 9. The van der Waals surface area contributed by atoms with Gasteiger partial charge in [-0.25, -0.2) is 9.06 Å². The van der Waals surface area contributed by atoms with E-state index < -0.39 is 43.8 Å². The molecule has 1 aromatic rings. The number of aromatic nitrogens is 2. The lowest BCUT2D eigenvalue weighted by molar-refractivity contribution is -0.102. The molecular formula is C21H31FN5O5P. The number of aliphatic hydroxyl groups is 1. The lowest BCUT2D eigenvalue weighted by atomic mass is 9.91. The van der Waals surface area contributed by atoms with Gasteiger partial charge in [-0.1, -0.05) is 0 Å². The standard InChI is InChI=1S/C21H31FN5O5P/c1-12(2)27(13(3)4)33(30-9-5-7-23)32-21-11-14-10-20(14,29)18(21)31-17(16(21)22)26-8-6-15(28)25-19(26)24/h6,8,12-14,16-18,29H,5,9-11H2,1-4H3,(H2,24,25,28)/t14-,16-,17+,18+,20+,21-,33?/m0/s1. The zero-order valence-corrected chi connectivity index (χ0v) is 20.1. The van der Waals surface area contributed by atoms with E-state index in [4.69, 9.17) is 24.8 Å². The van der Waals surface area contributed by atoms with Gasteiger partial charge in [0, 0.05) is 24.3 Å². The first kappa shape index (κ1) is 24.5. The van der Waals surface area contributed by atoms with E-state index in [2.05, 4.69) is 4.98 Å². The van der Waals surface area contributed by atoms with Crippen molar-refractivity contribution in [1.82, 2.24) is 14.2 Å². The number of rotatable bonds is 9. The van der Waals surface area contributed by atoms with Gasteiger partial charge >= 0.3 is 0 Å². The molecule has 0 spiro atoms. The Balaban J connectivity index is 1.69. The van der Waals surface area contributed by atoms with Crippen LogP contribution in [0.3, 0.4) is 0 Å². The van der Waals surface area contributed by atoms with Crippen LogP contribution in [0, 0.1) is 17.2 Å². The summed E-state index contributed by atoms with van der Waals surface area (Å²) in [7, 11) is -1.77. The van der Waals surface area contributed by atoms with Crippen LogP contribution in [0.15, 0.2) is 17.1 Å². The maximum absolute atomic E-state index is 16.3. The number of ether oxygens (including phenoxy) is 1.